The number of amidine groups is 1. The van der Waals surface area contributed by atoms with Crippen molar-refractivity contribution >= 4 is 5.84 Å². The lowest BCUT2D eigenvalue weighted by Crippen LogP contribution is -2.14. The van der Waals surface area contributed by atoms with Crippen molar-refractivity contribution in [3.63, 3.8) is 0 Å². The lowest BCUT2D eigenvalue weighted by molar-refractivity contribution is 0.367. The summed E-state index contributed by atoms with van der Waals surface area (Å²) in [5.74, 6) is -0.0280. The SMILES string of the molecule is COc1ccc(F)c(OC)c1CC(=N)N. The molecule has 0 saturated heterocycles. The number of benzene rings is 1. The number of nitrogens with two attached hydrogens (primary N) is 1. The van der Waals surface area contributed by atoms with Crippen molar-refractivity contribution in [3.8, 4) is 11.5 Å². The highest BCUT2D eigenvalue weighted by atomic mass is 19.1. The van der Waals surface area contributed by atoms with Gasteiger partial charge in [0.1, 0.15) is 5.75 Å². The average molecular weight is 212 g/mol. The molecule has 1 aromatic carbocycles. The molecule has 0 unspecified atom stereocenters. The lowest BCUT2D eigenvalue weighted by Gasteiger charge is -2.12. The topological polar surface area (TPSA) is 68.3 Å². The van der Waals surface area contributed by atoms with Gasteiger partial charge in [-0.2, -0.15) is 0 Å². The zero-order valence-corrected chi connectivity index (χ0v) is 8.63. The number of halogens is 1. The fraction of sp³-hybridized carbons (Fsp3) is 0.300. The first-order chi connectivity index (χ1) is 7.10. The Labute approximate surface area is 87.3 Å². The van der Waals surface area contributed by atoms with Crippen LogP contribution in [0, 0.1) is 11.2 Å². The molecule has 0 amide bonds. The lowest BCUT2D eigenvalue weighted by atomic mass is 10.1. The Morgan fingerprint density at radius 3 is 2.53 bits per heavy atom. The van der Waals surface area contributed by atoms with Crippen molar-refractivity contribution < 1.29 is 13.9 Å². The normalized spacial score (nSPS) is 9.80. The Morgan fingerprint density at radius 1 is 1.40 bits per heavy atom. The molecule has 0 saturated carbocycles. The molecule has 0 spiro atoms. The Balaban J connectivity index is 3.26. The van der Waals surface area contributed by atoms with Crippen LogP contribution in [0.25, 0.3) is 0 Å². The van der Waals surface area contributed by atoms with Crippen LogP contribution < -0.4 is 15.2 Å². The van der Waals surface area contributed by atoms with Crippen molar-refractivity contribution in [1.29, 1.82) is 5.41 Å². The molecule has 0 radical (unpaired) electrons. The summed E-state index contributed by atoms with van der Waals surface area (Å²) in [6.45, 7) is 0. The smallest absolute Gasteiger partial charge is 0.165 e. The predicted octanol–water partition coefficient (Wildman–Crippen LogP) is 1.32. The van der Waals surface area contributed by atoms with Crippen LogP contribution in [-0.2, 0) is 6.42 Å². The van der Waals surface area contributed by atoms with Gasteiger partial charge in [0.2, 0.25) is 0 Å². The molecular weight excluding hydrogens is 199 g/mol. The van der Waals surface area contributed by atoms with Crippen LogP contribution in [-0.4, -0.2) is 20.1 Å². The molecule has 4 nitrogen and oxygen atoms in total. The van der Waals surface area contributed by atoms with E-state index in [-0.39, 0.29) is 18.0 Å². The summed E-state index contributed by atoms with van der Waals surface area (Å²) in [6.07, 6.45) is 0.101. The second-order valence-electron chi connectivity index (χ2n) is 2.96. The summed E-state index contributed by atoms with van der Waals surface area (Å²) >= 11 is 0. The van der Waals surface area contributed by atoms with Crippen molar-refractivity contribution in [2.45, 2.75) is 6.42 Å². The highest BCUT2D eigenvalue weighted by Crippen LogP contribution is 2.31. The summed E-state index contributed by atoms with van der Waals surface area (Å²) in [6, 6.07) is 2.73. The first kappa shape index (κ1) is 11.3. The minimum Gasteiger partial charge on any atom is -0.496 e. The van der Waals surface area contributed by atoms with Gasteiger partial charge in [-0.15, -0.1) is 0 Å². The summed E-state index contributed by atoms with van der Waals surface area (Å²) < 4.78 is 23.3. The van der Waals surface area contributed by atoms with Gasteiger partial charge in [-0.25, -0.2) is 4.39 Å². The van der Waals surface area contributed by atoms with Crippen LogP contribution >= 0.6 is 0 Å². The monoisotopic (exact) mass is 212 g/mol. The van der Waals surface area contributed by atoms with Crippen LogP contribution in [0.3, 0.4) is 0 Å². The Bertz CT molecular complexity index is 380. The summed E-state index contributed by atoms with van der Waals surface area (Å²) in [5.41, 5.74) is 5.72. The standard InChI is InChI=1S/C10H13FN2O2/c1-14-8-4-3-7(11)10(15-2)6(8)5-9(12)13/h3-4H,5H2,1-2H3,(H3,12,13). The number of rotatable bonds is 4. The van der Waals surface area contributed by atoms with Crippen molar-refractivity contribution in [2.75, 3.05) is 14.2 Å². The van der Waals surface area contributed by atoms with Gasteiger partial charge in [-0.3, -0.25) is 5.41 Å². The first-order valence-electron chi connectivity index (χ1n) is 4.32. The first-order valence-corrected chi connectivity index (χ1v) is 4.32. The van der Waals surface area contributed by atoms with E-state index >= 15 is 0 Å². The summed E-state index contributed by atoms with van der Waals surface area (Å²) in [5, 5.41) is 7.19. The second kappa shape index (κ2) is 4.63. The van der Waals surface area contributed by atoms with Gasteiger partial charge in [-0.1, -0.05) is 0 Å². The number of ether oxygens (including phenoxy) is 2. The van der Waals surface area contributed by atoms with Gasteiger partial charge >= 0.3 is 0 Å². The fourth-order valence-electron chi connectivity index (χ4n) is 1.35. The van der Waals surface area contributed by atoms with E-state index in [0.29, 0.717) is 11.3 Å². The molecule has 0 atom stereocenters. The minimum absolute atomic E-state index is 0.0720. The Morgan fingerprint density at radius 2 is 2.07 bits per heavy atom. The zero-order chi connectivity index (χ0) is 11.4. The molecule has 1 rings (SSSR count). The molecule has 1 aromatic rings. The second-order valence-corrected chi connectivity index (χ2v) is 2.96. The number of nitrogens with one attached hydrogen (secondary N) is 1. The van der Waals surface area contributed by atoms with E-state index in [0.717, 1.165) is 0 Å². The summed E-state index contributed by atoms with van der Waals surface area (Å²) in [7, 11) is 2.83. The van der Waals surface area contributed by atoms with E-state index in [9.17, 15) is 4.39 Å². The molecule has 0 bridgehead atoms. The molecule has 3 N–H and O–H groups in total. The van der Waals surface area contributed by atoms with Crippen LogP contribution in [0.2, 0.25) is 0 Å². The molecule has 0 aliphatic rings. The molecule has 0 aliphatic heterocycles. The van der Waals surface area contributed by atoms with Gasteiger partial charge in [-0.05, 0) is 12.1 Å². The van der Waals surface area contributed by atoms with Gasteiger partial charge in [0.15, 0.2) is 11.6 Å². The maximum Gasteiger partial charge on any atom is 0.165 e. The maximum atomic E-state index is 13.3. The van der Waals surface area contributed by atoms with Crippen molar-refractivity contribution in [1.82, 2.24) is 0 Å². The third-order valence-electron chi connectivity index (χ3n) is 1.96. The Kier molecular flexibility index (Phi) is 3.49. The van der Waals surface area contributed by atoms with Crippen molar-refractivity contribution in [2.24, 2.45) is 5.73 Å². The molecule has 15 heavy (non-hydrogen) atoms. The molecular formula is C10H13FN2O2. The highest BCUT2D eigenvalue weighted by Gasteiger charge is 2.15. The van der Waals surface area contributed by atoms with E-state index in [2.05, 4.69) is 0 Å². The summed E-state index contributed by atoms with van der Waals surface area (Å²) in [4.78, 5) is 0. The predicted molar refractivity (Wildman–Crippen MR) is 55.1 cm³/mol. The van der Waals surface area contributed by atoms with Gasteiger partial charge in [0.05, 0.1) is 20.1 Å². The average Bonchev–Trinajstić information content (AvgIpc) is 2.18. The number of methoxy groups -OCH3 is 2. The van der Waals surface area contributed by atoms with E-state index in [1.807, 2.05) is 0 Å². The zero-order valence-electron chi connectivity index (χ0n) is 8.63. The highest BCUT2D eigenvalue weighted by molar-refractivity contribution is 5.81. The molecule has 5 heteroatoms. The largest absolute Gasteiger partial charge is 0.496 e. The number of hydrogen-bond donors (Lipinski definition) is 2. The number of hydrogen-bond acceptors (Lipinski definition) is 3. The molecule has 0 aliphatic carbocycles. The van der Waals surface area contributed by atoms with E-state index in [4.69, 9.17) is 20.6 Å². The van der Waals surface area contributed by atoms with Crippen molar-refractivity contribution in [3.05, 3.63) is 23.5 Å². The third kappa shape index (κ3) is 2.37. The van der Waals surface area contributed by atoms with E-state index in [1.54, 1.807) is 0 Å². The van der Waals surface area contributed by atoms with Gasteiger partial charge in [0, 0.05) is 12.0 Å². The van der Waals surface area contributed by atoms with Crippen LogP contribution in [0.1, 0.15) is 5.56 Å². The maximum absolute atomic E-state index is 13.3. The third-order valence-corrected chi connectivity index (χ3v) is 1.96. The van der Waals surface area contributed by atoms with E-state index in [1.165, 1.54) is 26.4 Å². The van der Waals surface area contributed by atoms with Crippen LogP contribution in [0.4, 0.5) is 4.39 Å². The van der Waals surface area contributed by atoms with E-state index < -0.39 is 5.82 Å². The fourth-order valence-corrected chi connectivity index (χ4v) is 1.35. The van der Waals surface area contributed by atoms with Crippen LogP contribution in [0.5, 0.6) is 11.5 Å². The Hall–Kier alpha value is -1.78. The van der Waals surface area contributed by atoms with Gasteiger partial charge in [0.25, 0.3) is 0 Å². The quantitative estimate of drug-likeness (QED) is 0.584. The van der Waals surface area contributed by atoms with Gasteiger partial charge < -0.3 is 15.2 Å². The molecule has 0 heterocycles. The van der Waals surface area contributed by atoms with Crippen LogP contribution in [0.15, 0.2) is 12.1 Å². The molecule has 0 fully saturated rings. The molecule has 82 valence electrons. The molecule has 0 aromatic heterocycles. The minimum atomic E-state index is -0.491.